The number of carbonyl (C=O) groups excluding carboxylic acids is 1. The Morgan fingerprint density at radius 3 is 2.68 bits per heavy atom. The number of rotatable bonds is 6. The third-order valence-corrected chi connectivity index (χ3v) is 5.36. The number of ether oxygens (including phenoxy) is 1. The van der Waals surface area contributed by atoms with Gasteiger partial charge < -0.3 is 20.5 Å². The van der Waals surface area contributed by atoms with Crippen molar-refractivity contribution in [2.75, 3.05) is 20.8 Å². The first-order valence-electron chi connectivity index (χ1n) is 9.34. The molecule has 2 aromatic carbocycles. The minimum atomic E-state index is -0.764. The van der Waals surface area contributed by atoms with Gasteiger partial charge in [0.15, 0.2) is 0 Å². The molecule has 0 aromatic heterocycles. The number of amidine groups is 1. The van der Waals surface area contributed by atoms with Gasteiger partial charge in [0, 0.05) is 14.2 Å². The van der Waals surface area contributed by atoms with Gasteiger partial charge in [-0.25, -0.2) is 4.99 Å². The van der Waals surface area contributed by atoms with Crippen molar-refractivity contribution in [3.05, 3.63) is 65.2 Å². The van der Waals surface area contributed by atoms with Crippen LogP contribution in [0.25, 0.3) is 0 Å². The van der Waals surface area contributed by atoms with Crippen molar-refractivity contribution in [1.82, 2.24) is 4.90 Å². The van der Waals surface area contributed by atoms with Crippen molar-refractivity contribution < 1.29 is 14.6 Å². The highest BCUT2D eigenvalue weighted by Gasteiger charge is 2.35. The van der Waals surface area contributed by atoms with Gasteiger partial charge in [-0.1, -0.05) is 36.4 Å². The number of aliphatic imine (C=N–C) groups is 1. The lowest BCUT2D eigenvalue weighted by atomic mass is 9.99. The van der Waals surface area contributed by atoms with Gasteiger partial charge in [-0.05, 0) is 42.2 Å². The molecular weight excluding hydrogens is 354 g/mol. The molecule has 0 radical (unpaired) electrons. The number of primary amides is 1. The number of benzene rings is 2. The zero-order chi connectivity index (χ0) is 20.3. The molecule has 0 fully saturated rings. The van der Waals surface area contributed by atoms with Crippen LogP contribution in [0.4, 0.5) is 5.69 Å². The molecule has 1 aliphatic carbocycles. The van der Waals surface area contributed by atoms with Crippen molar-refractivity contribution >= 4 is 17.4 Å². The Morgan fingerprint density at radius 2 is 2.04 bits per heavy atom. The van der Waals surface area contributed by atoms with Crippen molar-refractivity contribution in [2.45, 2.75) is 31.4 Å². The summed E-state index contributed by atoms with van der Waals surface area (Å²) >= 11 is 0. The number of likely N-dealkylation sites (N-methyl/N-ethyl adjacent to an activating group) is 1. The predicted molar refractivity (Wildman–Crippen MR) is 110 cm³/mol. The molecule has 28 heavy (non-hydrogen) atoms. The van der Waals surface area contributed by atoms with Crippen LogP contribution in [0.1, 0.15) is 35.6 Å². The zero-order valence-electron chi connectivity index (χ0n) is 16.5. The van der Waals surface area contributed by atoms with E-state index in [0.29, 0.717) is 13.0 Å². The minimum Gasteiger partial charge on any atom is -0.392 e. The number of fused-ring (bicyclic) bond motifs is 1. The van der Waals surface area contributed by atoms with Crippen LogP contribution in [0.5, 0.6) is 0 Å². The summed E-state index contributed by atoms with van der Waals surface area (Å²) in [6.45, 7) is 2.48. The molecule has 1 aliphatic rings. The lowest BCUT2D eigenvalue weighted by Crippen LogP contribution is -2.32. The molecule has 3 atom stereocenters. The van der Waals surface area contributed by atoms with E-state index in [9.17, 15) is 9.90 Å². The highest BCUT2D eigenvalue weighted by Crippen LogP contribution is 2.36. The molecule has 0 saturated heterocycles. The number of hydrogen-bond acceptors (Lipinski definition) is 4. The summed E-state index contributed by atoms with van der Waals surface area (Å²) in [6, 6.07) is 15.8. The summed E-state index contributed by atoms with van der Waals surface area (Å²) in [4.78, 5) is 18.6. The van der Waals surface area contributed by atoms with Crippen LogP contribution in [0.2, 0.25) is 0 Å². The Hall–Kier alpha value is -2.70. The van der Waals surface area contributed by atoms with Gasteiger partial charge in [-0.15, -0.1) is 0 Å². The normalized spacial score (nSPS) is 19.9. The van der Waals surface area contributed by atoms with E-state index in [2.05, 4.69) is 17.0 Å². The van der Waals surface area contributed by atoms with Gasteiger partial charge in [-0.2, -0.15) is 0 Å². The topological polar surface area (TPSA) is 88.1 Å². The van der Waals surface area contributed by atoms with Crippen LogP contribution in [0.15, 0.2) is 53.5 Å². The Bertz CT molecular complexity index is 867. The highest BCUT2D eigenvalue weighted by molar-refractivity contribution is 5.86. The quantitative estimate of drug-likeness (QED) is 0.595. The molecule has 0 aliphatic heterocycles. The Balaban J connectivity index is 1.88. The fourth-order valence-electron chi connectivity index (χ4n) is 3.78. The fourth-order valence-corrected chi connectivity index (χ4v) is 3.78. The van der Waals surface area contributed by atoms with Gasteiger partial charge in [-0.3, -0.25) is 4.79 Å². The van der Waals surface area contributed by atoms with Gasteiger partial charge in [0.25, 0.3) is 0 Å². The van der Waals surface area contributed by atoms with E-state index in [1.807, 2.05) is 50.4 Å². The van der Waals surface area contributed by atoms with E-state index in [0.717, 1.165) is 28.2 Å². The number of nitrogens with two attached hydrogens (primary N) is 1. The second kappa shape index (κ2) is 8.54. The Morgan fingerprint density at radius 1 is 1.32 bits per heavy atom. The molecule has 0 bridgehead atoms. The lowest BCUT2D eigenvalue weighted by Gasteiger charge is -2.29. The minimum absolute atomic E-state index is 0.0320. The summed E-state index contributed by atoms with van der Waals surface area (Å²) in [5, 5.41) is 10.1. The van der Waals surface area contributed by atoms with Crippen molar-refractivity contribution in [3.8, 4) is 0 Å². The summed E-state index contributed by atoms with van der Waals surface area (Å²) in [6.07, 6.45) is -0.324. The Labute approximate surface area is 165 Å². The first kappa shape index (κ1) is 20.0. The summed E-state index contributed by atoms with van der Waals surface area (Å²) in [7, 11) is 3.67. The molecule has 3 N–H and O–H groups in total. The molecule has 6 nitrogen and oxygen atoms in total. The molecule has 148 valence electrons. The van der Waals surface area contributed by atoms with E-state index in [4.69, 9.17) is 15.5 Å². The smallest absolute Gasteiger partial charge is 0.227 e. The zero-order valence-corrected chi connectivity index (χ0v) is 16.5. The van der Waals surface area contributed by atoms with Crippen molar-refractivity contribution in [3.63, 3.8) is 0 Å². The number of amides is 1. The largest absolute Gasteiger partial charge is 0.392 e. The van der Waals surface area contributed by atoms with Gasteiger partial charge in [0.2, 0.25) is 5.91 Å². The second-order valence-corrected chi connectivity index (χ2v) is 7.19. The van der Waals surface area contributed by atoms with Gasteiger partial charge in [0.1, 0.15) is 5.84 Å². The van der Waals surface area contributed by atoms with Crippen LogP contribution < -0.4 is 5.73 Å². The van der Waals surface area contributed by atoms with E-state index in [-0.39, 0.29) is 6.04 Å². The van der Waals surface area contributed by atoms with Gasteiger partial charge >= 0.3 is 0 Å². The first-order valence-corrected chi connectivity index (χ1v) is 9.34. The number of nitrogens with zero attached hydrogens (tertiary/aromatic N) is 2. The van der Waals surface area contributed by atoms with Crippen LogP contribution in [-0.4, -0.2) is 48.6 Å². The highest BCUT2D eigenvalue weighted by atomic mass is 16.5. The first-order chi connectivity index (χ1) is 13.4. The maximum Gasteiger partial charge on any atom is 0.227 e. The lowest BCUT2D eigenvalue weighted by molar-refractivity contribution is -0.121. The molecule has 6 heteroatoms. The van der Waals surface area contributed by atoms with Crippen molar-refractivity contribution in [2.24, 2.45) is 10.7 Å². The molecule has 0 saturated carbocycles. The molecule has 2 aromatic rings. The van der Waals surface area contributed by atoms with Gasteiger partial charge in [0.05, 0.1) is 30.4 Å². The second-order valence-electron chi connectivity index (χ2n) is 7.19. The summed E-state index contributed by atoms with van der Waals surface area (Å²) in [5.41, 5.74) is 9.08. The Kier molecular flexibility index (Phi) is 6.11. The van der Waals surface area contributed by atoms with E-state index < -0.39 is 17.9 Å². The van der Waals surface area contributed by atoms with Crippen LogP contribution in [0.3, 0.4) is 0 Å². The van der Waals surface area contributed by atoms with Crippen LogP contribution >= 0.6 is 0 Å². The number of aliphatic hydroxyl groups excluding tert-OH is 1. The molecule has 0 spiro atoms. The maximum atomic E-state index is 11.7. The fraction of sp³-hybridized carbons (Fsp3) is 0.364. The number of hydrogen-bond donors (Lipinski definition) is 2. The average Bonchev–Trinajstić information content (AvgIpc) is 3.01. The van der Waals surface area contributed by atoms with Crippen molar-refractivity contribution in [1.29, 1.82) is 0 Å². The van der Waals surface area contributed by atoms with Crippen LogP contribution in [-0.2, 0) is 16.0 Å². The SMILES string of the molecule is COC[C@@H](c1ccccc1)N(C)C(C)=Nc1ccc2c(c1)C(C(N)=O)[C@H](O)C2. The number of carbonyl (C=O) groups is 1. The van der Waals surface area contributed by atoms with E-state index in [1.54, 1.807) is 7.11 Å². The predicted octanol–water partition coefficient (Wildman–Crippen LogP) is 2.54. The van der Waals surface area contributed by atoms with Crippen LogP contribution in [0, 0.1) is 0 Å². The van der Waals surface area contributed by atoms with E-state index in [1.165, 1.54) is 0 Å². The average molecular weight is 381 g/mol. The van der Waals surface area contributed by atoms with E-state index >= 15 is 0 Å². The third-order valence-electron chi connectivity index (χ3n) is 5.36. The molecular formula is C22H27N3O3. The number of aliphatic hydroxyl groups is 1. The molecule has 1 unspecified atom stereocenters. The maximum absolute atomic E-state index is 11.7. The molecule has 1 amide bonds. The summed E-state index contributed by atoms with van der Waals surface area (Å²) < 4.78 is 5.42. The molecule has 0 heterocycles. The monoisotopic (exact) mass is 381 g/mol. The third kappa shape index (κ3) is 4.08. The number of methoxy groups -OCH3 is 1. The standard InChI is InChI=1S/C22H27N3O3/c1-14(25(2)19(13-28-3)15-7-5-4-6-8-15)24-17-10-9-16-11-20(26)21(22(23)27)18(16)12-17/h4-10,12,19-21,26H,11,13H2,1-3H3,(H2,23,27)/t19-,20+,21?/m0/s1. The summed E-state index contributed by atoms with van der Waals surface area (Å²) in [5.74, 6) is -0.362. The molecule has 3 rings (SSSR count).